The largest absolute Gasteiger partial charge is 0.359 e. The Labute approximate surface area is 106 Å². The summed E-state index contributed by atoms with van der Waals surface area (Å²) in [7, 11) is 0. The van der Waals surface area contributed by atoms with Crippen LogP contribution in [0.4, 0.5) is 0 Å². The second-order valence-corrected chi connectivity index (χ2v) is 4.95. The molecule has 5 nitrogen and oxygen atoms in total. The van der Waals surface area contributed by atoms with E-state index < -0.39 is 0 Å². The molecule has 0 amide bonds. The molecule has 3 N–H and O–H groups in total. The van der Waals surface area contributed by atoms with Gasteiger partial charge in [-0.3, -0.25) is 0 Å². The highest BCUT2D eigenvalue weighted by atomic mass is 16.5. The topological polar surface area (TPSA) is 80.7 Å². The Morgan fingerprint density at radius 2 is 2.17 bits per heavy atom. The molecule has 1 saturated carbocycles. The molecule has 1 fully saturated rings. The van der Waals surface area contributed by atoms with Gasteiger partial charge in [0.05, 0.1) is 11.6 Å². The minimum Gasteiger partial charge on any atom is -0.359 e. The molecule has 1 aliphatic carbocycles. The number of aromatic nitrogens is 3. The molecule has 96 valence electrons. The summed E-state index contributed by atoms with van der Waals surface area (Å²) in [6.07, 6.45) is 7.59. The van der Waals surface area contributed by atoms with Gasteiger partial charge in [-0.05, 0) is 25.0 Å². The minimum absolute atomic E-state index is 0.143. The van der Waals surface area contributed by atoms with E-state index in [0.717, 1.165) is 18.5 Å². The Bertz CT molecular complexity index is 491. The molecule has 2 unspecified atom stereocenters. The van der Waals surface area contributed by atoms with Crippen LogP contribution in [0.2, 0.25) is 0 Å². The standard InChI is InChI=1S/C13H18N4O/c14-10-6-3-1-2-5-9(10)13-16-12(17-18-13)11-7-4-8-15-11/h4,7-10,15H,1-3,5-6,14H2. The monoisotopic (exact) mass is 246 g/mol. The van der Waals surface area contributed by atoms with Gasteiger partial charge < -0.3 is 15.2 Å². The third-order valence-electron chi connectivity index (χ3n) is 3.67. The molecular formula is C13H18N4O. The fourth-order valence-corrected chi connectivity index (χ4v) is 2.61. The van der Waals surface area contributed by atoms with Gasteiger partial charge in [-0.1, -0.05) is 24.4 Å². The van der Waals surface area contributed by atoms with Crippen LogP contribution in [0.15, 0.2) is 22.9 Å². The number of aromatic amines is 1. The Hall–Kier alpha value is -1.62. The average molecular weight is 246 g/mol. The summed E-state index contributed by atoms with van der Waals surface area (Å²) < 4.78 is 5.39. The van der Waals surface area contributed by atoms with Crippen molar-refractivity contribution < 1.29 is 4.52 Å². The molecule has 3 rings (SSSR count). The lowest BCUT2D eigenvalue weighted by molar-refractivity contribution is 0.326. The summed E-state index contributed by atoms with van der Waals surface area (Å²) in [5.74, 6) is 1.52. The van der Waals surface area contributed by atoms with Crippen molar-refractivity contribution in [2.75, 3.05) is 0 Å². The van der Waals surface area contributed by atoms with Crippen LogP contribution >= 0.6 is 0 Å². The van der Waals surface area contributed by atoms with Crippen LogP contribution in [0.3, 0.4) is 0 Å². The maximum absolute atomic E-state index is 6.20. The number of nitrogens with two attached hydrogens (primary N) is 1. The number of H-pyrrole nitrogens is 1. The maximum Gasteiger partial charge on any atom is 0.231 e. The molecule has 2 atom stereocenters. The van der Waals surface area contributed by atoms with Crippen LogP contribution in [0.1, 0.15) is 43.9 Å². The molecule has 1 aliphatic rings. The summed E-state index contributed by atoms with van der Waals surface area (Å²) in [6, 6.07) is 3.99. The zero-order chi connectivity index (χ0) is 12.4. The smallest absolute Gasteiger partial charge is 0.231 e. The zero-order valence-electron chi connectivity index (χ0n) is 10.3. The number of hydrogen-bond donors (Lipinski definition) is 2. The highest BCUT2D eigenvalue weighted by Gasteiger charge is 2.27. The fraction of sp³-hybridized carbons (Fsp3) is 0.538. The Morgan fingerprint density at radius 3 is 3.00 bits per heavy atom. The van der Waals surface area contributed by atoms with Gasteiger partial charge in [0.1, 0.15) is 0 Å². The SMILES string of the molecule is NC1CCCCCC1c1nc(-c2ccc[nH]2)no1. The minimum atomic E-state index is 0.143. The zero-order valence-corrected chi connectivity index (χ0v) is 10.3. The third kappa shape index (κ3) is 2.18. The van der Waals surface area contributed by atoms with Crippen LogP contribution in [-0.2, 0) is 0 Å². The number of rotatable bonds is 2. The van der Waals surface area contributed by atoms with Crippen molar-refractivity contribution in [2.45, 2.75) is 44.1 Å². The molecule has 5 heteroatoms. The van der Waals surface area contributed by atoms with Crippen LogP contribution in [0, 0.1) is 0 Å². The van der Waals surface area contributed by atoms with E-state index in [1.54, 1.807) is 0 Å². The van der Waals surface area contributed by atoms with Gasteiger partial charge in [-0.2, -0.15) is 4.98 Å². The molecule has 0 aliphatic heterocycles. The van der Waals surface area contributed by atoms with Crippen molar-refractivity contribution in [1.82, 2.24) is 15.1 Å². The lowest BCUT2D eigenvalue weighted by Crippen LogP contribution is -2.27. The van der Waals surface area contributed by atoms with E-state index in [1.165, 1.54) is 19.3 Å². The Morgan fingerprint density at radius 1 is 1.28 bits per heavy atom. The normalized spacial score (nSPS) is 24.9. The first kappa shape index (κ1) is 11.5. The van der Waals surface area contributed by atoms with Crippen molar-refractivity contribution >= 4 is 0 Å². The third-order valence-corrected chi connectivity index (χ3v) is 3.67. The highest BCUT2D eigenvalue weighted by Crippen LogP contribution is 2.30. The van der Waals surface area contributed by atoms with E-state index >= 15 is 0 Å². The second kappa shape index (κ2) is 4.94. The molecule has 0 spiro atoms. The summed E-state index contributed by atoms with van der Waals surface area (Å²) in [6.45, 7) is 0. The van der Waals surface area contributed by atoms with Crippen LogP contribution < -0.4 is 5.73 Å². The van der Waals surface area contributed by atoms with Gasteiger partial charge in [0.25, 0.3) is 0 Å². The van der Waals surface area contributed by atoms with Crippen LogP contribution in [0.5, 0.6) is 0 Å². The lowest BCUT2D eigenvalue weighted by atomic mass is 9.95. The number of hydrogen-bond acceptors (Lipinski definition) is 4. The number of nitrogens with one attached hydrogen (secondary N) is 1. The molecule has 18 heavy (non-hydrogen) atoms. The van der Waals surface area contributed by atoms with Crippen LogP contribution in [-0.4, -0.2) is 21.2 Å². The van der Waals surface area contributed by atoms with E-state index in [0.29, 0.717) is 11.7 Å². The molecule has 0 radical (unpaired) electrons. The van der Waals surface area contributed by atoms with Crippen molar-refractivity contribution in [2.24, 2.45) is 5.73 Å². The summed E-state index contributed by atoms with van der Waals surface area (Å²) in [5.41, 5.74) is 7.09. The van der Waals surface area contributed by atoms with Gasteiger partial charge in [0, 0.05) is 12.2 Å². The molecular weight excluding hydrogens is 228 g/mol. The first-order valence-corrected chi connectivity index (χ1v) is 6.57. The molecule has 2 aromatic heterocycles. The summed E-state index contributed by atoms with van der Waals surface area (Å²) >= 11 is 0. The summed E-state index contributed by atoms with van der Waals surface area (Å²) in [5, 5.41) is 4.03. The summed E-state index contributed by atoms with van der Waals surface area (Å²) in [4.78, 5) is 7.56. The van der Waals surface area contributed by atoms with Gasteiger partial charge in [-0.25, -0.2) is 0 Å². The van der Waals surface area contributed by atoms with Crippen molar-refractivity contribution in [3.05, 3.63) is 24.2 Å². The van der Waals surface area contributed by atoms with Gasteiger partial charge in [0.2, 0.25) is 11.7 Å². The Kier molecular flexibility index (Phi) is 3.15. The van der Waals surface area contributed by atoms with E-state index in [4.69, 9.17) is 10.3 Å². The van der Waals surface area contributed by atoms with E-state index in [-0.39, 0.29) is 12.0 Å². The first-order valence-electron chi connectivity index (χ1n) is 6.57. The molecule has 0 aromatic carbocycles. The lowest BCUT2D eigenvalue weighted by Gasteiger charge is -2.16. The highest BCUT2D eigenvalue weighted by molar-refractivity contribution is 5.47. The predicted octanol–water partition coefficient (Wildman–Crippen LogP) is 2.44. The Balaban J connectivity index is 1.83. The van der Waals surface area contributed by atoms with E-state index in [1.807, 2.05) is 18.3 Å². The van der Waals surface area contributed by atoms with Crippen molar-refractivity contribution in [3.8, 4) is 11.5 Å². The first-order chi connectivity index (χ1) is 8.84. The van der Waals surface area contributed by atoms with Crippen molar-refractivity contribution in [3.63, 3.8) is 0 Å². The maximum atomic E-state index is 6.20. The molecule has 2 heterocycles. The fourth-order valence-electron chi connectivity index (χ4n) is 2.61. The quantitative estimate of drug-likeness (QED) is 0.797. The molecule has 0 bridgehead atoms. The molecule has 2 aromatic rings. The van der Waals surface area contributed by atoms with Gasteiger partial charge in [-0.15, -0.1) is 0 Å². The van der Waals surface area contributed by atoms with Gasteiger partial charge in [0.15, 0.2) is 0 Å². The molecule has 0 saturated heterocycles. The number of nitrogens with zero attached hydrogens (tertiary/aromatic N) is 2. The average Bonchev–Trinajstić information content (AvgIpc) is 3.00. The second-order valence-electron chi connectivity index (χ2n) is 4.95. The van der Waals surface area contributed by atoms with Crippen LogP contribution in [0.25, 0.3) is 11.5 Å². The predicted molar refractivity (Wildman–Crippen MR) is 67.9 cm³/mol. The van der Waals surface area contributed by atoms with Gasteiger partial charge >= 0.3 is 0 Å². The van der Waals surface area contributed by atoms with Crippen molar-refractivity contribution in [1.29, 1.82) is 0 Å². The van der Waals surface area contributed by atoms with E-state index in [2.05, 4.69) is 15.1 Å². The van der Waals surface area contributed by atoms with E-state index in [9.17, 15) is 0 Å².